The van der Waals surface area contributed by atoms with Crippen molar-refractivity contribution in [2.24, 2.45) is 0 Å². The highest BCUT2D eigenvalue weighted by atomic mass is 32.0. The molecule has 0 radical (unpaired) electrons. The van der Waals surface area contributed by atoms with Gasteiger partial charge < -0.3 is 9.05 Å². The molecule has 0 saturated heterocycles. The van der Waals surface area contributed by atoms with Gasteiger partial charge in [-0.2, -0.15) is 0 Å². The summed E-state index contributed by atoms with van der Waals surface area (Å²) >= 11 is 0. The quantitative estimate of drug-likeness (QED) is 0.143. The van der Waals surface area contributed by atoms with Crippen molar-refractivity contribution in [1.29, 1.82) is 0 Å². The summed E-state index contributed by atoms with van der Waals surface area (Å²) < 4.78 is 11.0. The smallest absolute Gasteiger partial charge is 0.0836 e. The molecule has 0 fully saturated rings. The van der Waals surface area contributed by atoms with Crippen LogP contribution < -0.4 is 0 Å². The molecule has 0 saturated carbocycles. The number of hydrogen-bond acceptors (Lipinski definition) is 2. The van der Waals surface area contributed by atoms with Crippen LogP contribution in [0.5, 0.6) is 0 Å². The van der Waals surface area contributed by atoms with Gasteiger partial charge in [-0.1, -0.05) is 102 Å². The van der Waals surface area contributed by atoms with Crippen LogP contribution in [0.25, 0.3) is 0 Å². The molecule has 0 aromatic rings. The molecule has 0 rings (SSSR count). The Kier molecular flexibility index (Phi) is 21.7. The fourth-order valence-electron chi connectivity index (χ4n) is 2.18. The van der Waals surface area contributed by atoms with Gasteiger partial charge in [0.2, 0.25) is 0 Å². The summed E-state index contributed by atoms with van der Waals surface area (Å²) in [5, 5.41) is 0. The third kappa shape index (κ3) is 18.8. The summed E-state index contributed by atoms with van der Waals surface area (Å²) in [5.41, 5.74) is 0. The highest BCUT2D eigenvalue weighted by Gasteiger charge is 2.00. The predicted octanol–water partition coefficient (Wildman–Crippen LogP) is 7.65. The van der Waals surface area contributed by atoms with Crippen LogP contribution in [0.4, 0.5) is 0 Å². The van der Waals surface area contributed by atoms with Gasteiger partial charge in [-0.15, -0.1) is 0 Å². The normalized spacial score (nSPS) is 16.0. The minimum Gasteiger partial charge on any atom is -0.358 e. The molecule has 5 unspecified atom stereocenters. The SMILES string of the molecule is CCC=CCC(C=CC=CCC=CCC=CC=CC(CCC)OP)OPP. The summed E-state index contributed by atoms with van der Waals surface area (Å²) in [4.78, 5) is 0. The molecule has 0 aliphatic heterocycles. The maximum absolute atomic E-state index is 5.70. The second-order valence-corrected chi connectivity index (χ2v) is 7.37. The van der Waals surface area contributed by atoms with E-state index in [2.05, 4.69) is 105 Å². The Morgan fingerprint density at radius 1 is 0.815 bits per heavy atom. The van der Waals surface area contributed by atoms with Crippen LogP contribution in [0.15, 0.2) is 72.9 Å². The second-order valence-electron chi connectivity index (χ2n) is 5.92. The van der Waals surface area contributed by atoms with E-state index in [1.165, 1.54) is 0 Å². The summed E-state index contributed by atoms with van der Waals surface area (Å²) in [6.45, 7) is 4.31. The average Bonchev–Trinajstić information content (AvgIpc) is 2.68. The van der Waals surface area contributed by atoms with E-state index < -0.39 is 0 Å². The van der Waals surface area contributed by atoms with E-state index >= 15 is 0 Å². The Labute approximate surface area is 173 Å². The molecule has 152 valence electrons. The van der Waals surface area contributed by atoms with Crippen LogP contribution in [-0.2, 0) is 9.05 Å². The monoisotopic (exact) mass is 426 g/mol. The molecule has 0 aromatic heterocycles. The Morgan fingerprint density at radius 2 is 1.44 bits per heavy atom. The summed E-state index contributed by atoms with van der Waals surface area (Å²) in [7, 11) is 5.42. The summed E-state index contributed by atoms with van der Waals surface area (Å²) in [5.74, 6) is 0. The van der Waals surface area contributed by atoms with Gasteiger partial charge in [-0.3, -0.25) is 0 Å². The largest absolute Gasteiger partial charge is 0.358 e. The Hall–Kier alpha value is -0.350. The molecular formula is C22H37O2P3. The van der Waals surface area contributed by atoms with E-state index in [-0.39, 0.29) is 12.2 Å². The second kappa shape index (κ2) is 21.9. The lowest BCUT2D eigenvalue weighted by Crippen LogP contribution is -2.01. The van der Waals surface area contributed by atoms with Crippen molar-refractivity contribution in [3.05, 3.63) is 72.9 Å². The van der Waals surface area contributed by atoms with Crippen molar-refractivity contribution < 1.29 is 9.05 Å². The molecule has 0 aromatic carbocycles. The maximum atomic E-state index is 5.70. The zero-order valence-electron chi connectivity index (χ0n) is 16.8. The Balaban J connectivity index is 4.01. The lowest BCUT2D eigenvalue weighted by molar-refractivity contribution is 0.279. The van der Waals surface area contributed by atoms with E-state index in [0.29, 0.717) is 8.50 Å². The number of rotatable bonds is 16. The molecule has 2 nitrogen and oxygen atoms in total. The Morgan fingerprint density at radius 3 is 1.96 bits per heavy atom. The molecule has 0 N–H and O–H groups in total. The predicted molar refractivity (Wildman–Crippen MR) is 131 cm³/mol. The van der Waals surface area contributed by atoms with Gasteiger partial charge >= 0.3 is 0 Å². The molecule has 0 aliphatic rings. The summed E-state index contributed by atoms with van der Waals surface area (Å²) in [6.07, 6.45) is 32.0. The van der Waals surface area contributed by atoms with Crippen molar-refractivity contribution in [3.63, 3.8) is 0 Å². The van der Waals surface area contributed by atoms with Gasteiger partial charge in [-0.05, 0) is 32.1 Å². The van der Waals surface area contributed by atoms with Crippen molar-refractivity contribution in [2.75, 3.05) is 0 Å². The van der Waals surface area contributed by atoms with Crippen LogP contribution in [-0.4, -0.2) is 12.2 Å². The maximum Gasteiger partial charge on any atom is 0.0836 e. The van der Waals surface area contributed by atoms with E-state index in [0.717, 1.165) is 38.5 Å². The van der Waals surface area contributed by atoms with Gasteiger partial charge in [-0.25, -0.2) is 0 Å². The van der Waals surface area contributed by atoms with Gasteiger partial charge in [0.1, 0.15) is 0 Å². The number of allylic oxidation sites excluding steroid dienone is 9. The first-order chi connectivity index (χ1) is 13.3. The first kappa shape index (κ1) is 26.6. The number of hydrogen-bond donors (Lipinski definition) is 0. The van der Waals surface area contributed by atoms with Crippen molar-refractivity contribution in [3.8, 4) is 0 Å². The molecule has 0 heterocycles. The van der Waals surface area contributed by atoms with Crippen molar-refractivity contribution in [1.82, 2.24) is 0 Å². The standard InChI is InChI=1S/C22H37O2P3/c1-3-5-14-19-22(24-27-26)20-16-13-11-9-7-6-8-10-12-15-18-21(23-25)17-4-2/h5-7,10-16,18,20-22,27H,3-4,8-9,17,19,25-26H2,1-2H3. The highest BCUT2D eigenvalue weighted by molar-refractivity contribution is 8.00. The molecule has 5 atom stereocenters. The average molecular weight is 426 g/mol. The summed E-state index contributed by atoms with van der Waals surface area (Å²) in [6, 6.07) is 0. The Bertz CT molecular complexity index is 494. The van der Waals surface area contributed by atoms with Gasteiger partial charge in [0.15, 0.2) is 0 Å². The van der Waals surface area contributed by atoms with E-state index in [4.69, 9.17) is 9.05 Å². The van der Waals surface area contributed by atoms with Gasteiger partial charge in [0.25, 0.3) is 0 Å². The zero-order valence-corrected chi connectivity index (χ0v) is 20.1. The van der Waals surface area contributed by atoms with Crippen LogP contribution >= 0.6 is 26.9 Å². The van der Waals surface area contributed by atoms with E-state index in [1.807, 2.05) is 0 Å². The zero-order chi connectivity index (χ0) is 20.0. The molecule has 5 heteroatoms. The van der Waals surface area contributed by atoms with Gasteiger partial charge in [0, 0.05) is 18.0 Å². The minimum atomic E-state index is 0.163. The van der Waals surface area contributed by atoms with Crippen LogP contribution in [0.3, 0.4) is 0 Å². The topological polar surface area (TPSA) is 18.5 Å². The molecular weight excluding hydrogens is 389 g/mol. The lowest BCUT2D eigenvalue weighted by Gasteiger charge is -2.09. The third-order valence-electron chi connectivity index (χ3n) is 3.60. The van der Waals surface area contributed by atoms with E-state index in [9.17, 15) is 0 Å². The molecule has 0 amide bonds. The first-order valence-corrected chi connectivity index (χ1v) is 12.9. The lowest BCUT2D eigenvalue weighted by atomic mass is 10.2. The van der Waals surface area contributed by atoms with Gasteiger partial charge in [0.05, 0.1) is 12.2 Å². The molecule has 27 heavy (non-hydrogen) atoms. The minimum absolute atomic E-state index is 0.163. The highest BCUT2D eigenvalue weighted by Crippen LogP contribution is 2.25. The molecule has 0 aliphatic carbocycles. The van der Waals surface area contributed by atoms with Crippen LogP contribution in [0.1, 0.15) is 52.4 Å². The van der Waals surface area contributed by atoms with E-state index in [1.54, 1.807) is 0 Å². The fourth-order valence-corrected chi connectivity index (χ4v) is 3.29. The fraction of sp³-hybridized carbons (Fsp3) is 0.455. The molecule has 0 bridgehead atoms. The van der Waals surface area contributed by atoms with Crippen LogP contribution in [0, 0.1) is 0 Å². The molecule has 0 spiro atoms. The third-order valence-corrected chi connectivity index (χ3v) is 4.79. The van der Waals surface area contributed by atoms with Crippen molar-refractivity contribution >= 4 is 26.9 Å². The van der Waals surface area contributed by atoms with Crippen LogP contribution in [0.2, 0.25) is 0 Å². The first-order valence-electron chi connectivity index (χ1n) is 9.71. The van der Waals surface area contributed by atoms with Crippen molar-refractivity contribution in [2.45, 2.75) is 64.6 Å².